The van der Waals surface area contributed by atoms with Crippen LogP contribution in [0.5, 0.6) is 0 Å². The molecule has 146 valence electrons. The van der Waals surface area contributed by atoms with Crippen LogP contribution in [0.25, 0.3) is 16.8 Å². The summed E-state index contributed by atoms with van der Waals surface area (Å²) in [5.41, 5.74) is 10.1. The molecule has 1 amide bonds. The molecule has 1 unspecified atom stereocenters. The van der Waals surface area contributed by atoms with Crippen LogP contribution in [-0.4, -0.2) is 45.4 Å². The second-order valence-corrected chi connectivity index (χ2v) is 6.99. The highest BCUT2D eigenvalue weighted by molar-refractivity contribution is 5.93. The molecule has 28 heavy (non-hydrogen) atoms. The van der Waals surface area contributed by atoms with Gasteiger partial charge >= 0.3 is 0 Å². The molecule has 0 aliphatic carbocycles. The van der Waals surface area contributed by atoms with Crippen LogP contribution in [0, 0.1) is 12.8 Å². The number of amides is 1. The van der Waals surface area contributed by atoms with E-state index >= 15 is 0 Å². The lowest BCUT2D eigenvalue weighted by Crippen LogP contribution is -2.30. The maximum atomic E-state index is 12.8. The monoisotopic (exact) mass is 397 g/mol. The molecule has 1 aliphatic heterocycles. The number of likely N-dealkylation sites (tertiary alicyclic amines) is 1. The molecule has 1 aliphatic rings. The molecule has 3 aromatic rings. The molecule has 6 nitrogen and oxygen atoms in total. The predicted molar refractivity (Wildman–Crippen MR) is 112 cm³/mol. The number of aromatic nitrogens is 3. The summed E-state index contributed by atoms with van der Waals surface area (Å²) in [5, 5.41) is 8.37. The van der Waals surface area contributed by atoms with Gasteiger partial charge in [-0.1, -0.05) is 47.7 Å². The minimum atomic E-state index is -0.0596. The Labute approximate surface area is 170 Å². The zero-order valence-corrected chi connectivity index (χ0v) is 16.6. The van der Waals surface area contributed by atoms with Crippen LogP contribution in [-0.2, 0) is 0 Å². The van der Waals surface area contributed by atoms with Gasteiger partial charge in [-0.15, -0.1) is 17.5 Å². The van der Waals surface area contributed by atoms with E-state index in [0.717, 1.165) is 29.9 Å². The number of benzene rings is 2. The van der Waals surface area contributed by atoms with Gasteiger partial charge in [-0.05, 0) is 49.1 Å². The van der Waals surface area contributed by atoms with Gasteiger partial charge in [0.2, 0.25) is 0 Å². The van der Waals surface area contributed by atoms with Crippen molar-refractivity contribution in [3.05, 3.63) is 66.0 Å². The van der Waals surface area contributed by atoms with Crippen LogP contribution in [0.1, 0.15) is 22.6 Å². The van der Waals surface area contributed by atoms with Crippen LogP contribution >= 0.6 is 12.4 Å². The van der Waals surface area contributed by atoms with Gasteiger partial charge in [0.15, 0.2) is 5.69 Å². The van der Waals surface area contributed by atoms with Crippen LogP contribution in [0.3, 0.4) is 0 Å². The Bertz CT molecular complexity index is 939. The van der Waals surface area contributed by atoms with Crippen LogP contribution < -0.4 is 5.73 Å². The second kappa shape index (κ2) is 8.54. The van der Waals surface area contributed by atoms with E-state index in [0.29, 0.717) is 24.7 Å². The van der Waals surface area contributed by atoms with Crippen molar-refractivity contribution in [2.45, 2.75) is 13.3 Å². The fourth-order valence-corrected chi connectivity index (χ4v) is 3.56. The van der Waals surface area contributed by atoms with Crippen molar-refractivity contribution in [3.8, 4) is 16.8 Å². The number of rotatable bonds is 4. The Hall–Kier alpha value is -2.70. The van der Waals surface area contributed by atoms with Crippen molar-refractivity contribution >= 4 is 18.3 Å². The minimum Gasteiger partial charge on any atom is -0.337 e. The molecular formula is C21H24ClN5O. The van der Waals surface area contributed by atoms with Crippen molar-refractivity contribution in [3.63, 3.8) is 0 Å². The summed E-state index contributed by atoms with van der Waals surface area (Å²) in [4.78, 5) is 14.6. The summed E-state index contributed by atoms with van der Waals surface area (Å²) >= 11 is 0. The molecule has 1 atom stereocenters. The van der Waals surface area contributed by atoms with Gasteiger partial charge in [0.1, 0.15) is 0 Å². The van der Waals surface area contributed by atoms with Gasteiger partial charge in [-0.25, -0.2) is 4.68 Å². The van der Waals surface area contributed by atoms with Crippen molar-refractivity contribution in [2.24, 2.45) is 11.7 Å². The van der Waals surface area contributed by atoms with E-state index in [1.165, 1.54) is 5.56 Å². The lowest BCUT2D eigenvalue weighted by atomic mass is 10.1. The molecule has 2 heterocycles. The molecule has 1 aromatic heterocycles. The third-order valence-corrected chi connectivity index (χ3v) is 5.22. The fourth-order valence-electron chi connectivity index (χ4n) is 3.56. The van der Waals surface area contributed by atoms with Gasteiger partial charge in [0.05, 0.1) is 11.4 Å². The first-order valence-corrected chi connectivity index (χ1v) is 9.25. The van der Waals surface area contributed by atoms with E-state index < -0.39 is 0 Å². The number of hydrogen-bond acceptors (Lipinski definition) is 4. The molecule has 0 spiro atoms. The zero-order valence-electron chi connectivity index (χ0n) is 15.8. The van der Waals surface area contributed by atoms with E-state index in [4.69, 9.17) is 5.73 Å². The first kappa shape index (κ1) is 20.0. The van der Waals surface area contributed by atoms with E-state index in [9.17, 15) is 4.79 Å². The summed E-state index contributed by atoms with van der Waals surface area (Å²) < 4.78 is 1.72. The number of halogens is 1. The largest absolute Gasteiger partial charge is 0.337 e. The minimum absolute atomic E-state index is 0. The van der Waals surface area contributed by atoms with E-state index in [2.05, 4.69) is 34.6 Å². The zero-order chi connectivity index (χ0) is 18.8. The quantitative estimate of drug-likeness (QED) is 0.733. The lowest BCUT2D eigenvalue weighted by Gasteiger charge is -2.15. The molecular weight excluding hydrogens is 374 g/mol. The van der Waals surface area contributed by atoms with Gasteiger partial charge in [0, 0.05) is 13.1 Å². The summed E-state index contributed by atoms with van der Waals surface area (Å²) in [6.07, 6.45) is 0.955. The Morgan fingerprint density at radius 1 is 1.11 bits per heavy atom. The summed E-state index contributed by atoms with van der Waals surface area (Å²) in [6, 6.07) is 18.3. The number of nitrogens with two attached hydrogens (primary N) is 1. The molecule has 4 rings (SSSR count). The number of hydrogen-bond donors (Lipinski definition) is 1. The van der Waals surface area contributed by atoms with Crippen molar-refractivity contribution in [1.29, 1.82) is 0 Å². The average Bonchev–Trinajstić information content (AvgIpc) is 3.35. The van der Waals surface area contributed by atoms with E-state index in [1.807, 2.05) is 42.2 Å². The van der Waals surface area contributed by atoms with Gasteiger partial charge in [-0.2, -0.15) is 0 Å². The first-order chi connectivity index (χ1) is 13.2. The normalized spacial score (nSPS) is 16.1. The van der Waals surface area contributed by atoms with Gasteiger partial charge < -0.3 is 10.6 Å². The SMILES string of the molecule is Cc1c(C(=O)N2CCC(CN)C2)nnn1-c1ccc(-c2ccccc2)cc1.Cl. The topological polar surface area (TPSA) is 77.0 Å². The predicted octanol–water partition coefficient (Wildman–Crippen LogP) is 3.09. The number of nitrogens with zero attached hydrogens (tertiary/aromatic N) is 4. The van der Waals surface area contributed by atoms with Crippen LogP contribution in [0.4, 0.5) is 0 Å². The molecule has 2 N–H and O–H groups in total. The summed E-state index contributed by atoms with van der Waals surface area (Å²) in [6.45, 7) is 3.93. The maximum absolute atomic E-state index is 12.8. The molecule has 2 aromatic carbocycles. The Morgan fingerprint density at radius 3 is 2.43 bits per heavy atom. The third-order valence-electron chi connectivity index (χ3n) is 5.22. The van der Waals surface area contributed by atoms with Gasteiger partial charge in [-0.3, -0.25) is 4.79 Å². The fraction of sp³-hybridized carbons (Fsp3) is 0.286. The second-order valence-electron chi connectivity index (χ2n) is 6.99. The van der Waals surface area contributed by atoms with Crippen molar-refractivity contribution in [1.82, 2.24) is 19.9 Å². The Kier molecular flexibility index (Phi) is 6.11. The third kappa shape index (κ3) is 3.79. The first-order valence-electron chi connectivity index (χ1n) is 9.25. The molecule has 1 fully saturated rings. The molecule has 7 heteroatoms. The Balaban J connectivity index is 0.00000225. The number of carbonyl (C=O) groups is 1. The Morgan fingerprint density at radius 2 is 1.79 bits per heavy atom. The molecule has 0 saturated carbocycles. The number of carbonyl (C=O) groups excluding carboxylic acids is 1. The highest BCUT2D eigenvalue weighted by Gasteiger charge is 2.29. The smallest absolute Gasteiger partial charge is 0.276 e. The maximum Gasteiger partial charge on any atom is 0.276 e. The van der Waals surface area contributed by atoms with Crippen molar-refractivity contribution in [2.75, 3.05) is 19.6 Å². The highest BCUT2D eigenvalue weighted by Crippen LogP contribution is 2.22. The average molecular weight is 398 g/mol. The van der Waals surface area contributed by atoms with Crippen molar-refractivity contribution < 1.29 is 4.79 Å². The van der Waals surface area contributed by atoms with Crippen LogP contribution in [0.15, 0.2) is 54.6 Å². The van der Waals surface area contributed by atoms with Gasteiger partial charge in [0.25, 0.3) is 5.91 Å². The van der Waals surface area contributed by atoms with E-state index in [1.54, 1.807) is 4.68 Å². The standard InChI is InChI=1S/C21H23N5O.ClH/c1-15-20(21(27)25-12-11-16(13-22)14-25)23-24-26(15)19-9-7-18(8-10-19)17-5-3-2-4-6-17;/h2-10,16H,11-14,22H2,1H3;1H. The molecule has 0 radical (unpaired) electrons. The summed E-state index contributed by atoms with van der Waals surface area (Å²) in [7, 11) is 0. The lowest BCUT2D eigenvalue weighted by molar-refractivity contribution is 0.0781. The summed E-state index contributed by atoms with van der Waals surface area (Å²) in [5.74, 6) is 0.324. The van der Waals surface area contributed by atoms with E-state index in [-0.39, 0.29) is 18.3 Å². The molecule has 1 saturated heterocycles. The highest BCUT2D eigenvalue weighted by atomic mass is 35.5. The van der Waals surface area contributed by atoms with Crippen LogP contribution in [0.2, 0.25) is 0 Å². The molecule has 0 bridgehead atoms.